The molecule has 0 spiro atoms. The standard InChI is InChI=1S/C13H19NO2/c1-11(2)5-4-6-12(3)8-10-16-13(15)7-9-14/h5,8H,4,6-7,10H2,1-3H3/b12-8+. The topological polar surface area (TPSA) is 50.1 Å². The molecule has 0 rings (SSSR count). The second kappa shape index (κ2) is 8.72. The number of esters is 1. The molecule has 0 N–H and O–H groups in total. The Morgan fingerprint density at radius 2 is 2.00 bits per heavy atom. The van der Waals surface area contributed by atoms with E-state index in [2.05, 4.69) is 19.9 Å². The van der Waals surface area contributed by atoms with E-state index in [0.29, 0.717) is 0 Å². The largest absolute Gasteiger partial charge is 0.461 e. The molecule has 0 saturated heterocycles. The molecule has 0 radical (unpaired) electrons. The van der Waals surface area contributed by atoms with Crippen LogP contribution in [0.25, 0.3) is 0 Å². The highest BCUT2D eigenvalue weighted by molar-refractivity contribution is 5.71. The first-order chi connectivity index (χ1) is 7.56. The van der Waals surface area contributed by atoms with Gasteiger partial charge in [-0.05, 0) is 39.7 Å². The lowest BCUT2D eigenvalue weighted by Crippen LogP contribution is -2.03. The van der Waals surface area contributed by atoms with Crippen LogP contribution in [0.1, 0.15) is 40.0 Å². The Kier molecular flexibility index (Phi) is 7.87. The molecule has 0 aliphatic carbocycles. The van der Waals surface area contributed by atoms with Crippen molar-refractivity contribution in [3.05, 3.63) is 23.3 Å². The smallest absolute Gasteiger partial charge is 0.320 e. The molecule has 16 heavy (non-hydrogen) atoms. The molecule has 0 aromatic carbocycles. The summed E-state index contributed by atoms with van der Waals surface area (Å²) in [6.07, 6.45) is 5.87. The van der Waals surface area contributed by atoms with Crippen LogP contribution in [-0.2, 0) is 9.53 Å². The minimum Gasteiger partial charge on any atom is -0.461 e. The van der Waals surface area contributed by atoms with Gasteiger partial charge in [-0.3, -0.25) is 4.79 Å². The first kappa shape index (κ1) is 14.4. The average molecular weight is 221 g/mol. The number of ether oxygens (including phenoxy) is 1. The van der Waals surface area contributed by atoms with Gasteiger partial charge in [0.1, 0.15) is 13.0 Å². The molecule has 0 atom stereocenters. The molecule has 3 heteroatoms. The molecule has 0 aliphatic heterocycles. The van der Waals surface area contributed by atoms with Crippen LogP contribution in [0, 0.1) is 11.3 Å². The van der Waals surface area contributed by atoms with Gasteiger partial charge < -0.3 is 4.74 Å². The van der Waals surface area contributed by atoms with E-state index in [1.807, 2.05) is 13.0 Å². The van der Waals surface area contributed by atoms with Gasteiger partial charge in [0.25, 0.3) is 0 Å². The Hall–Kier alpha value is -1.56. The van der Waals surface area contributed by atoms with Gasteiger partial charge in [0.15, 0.2) is 0 Å². The summed E-state index contributed by atoms with van der Waals surface area (Å²) in [6.45, 7) is 6.42. The summed E-state index contributed by atoms with van der Waals surface area (Å²) in [4.78, 5) is 10.8. The fraction of sp³-hybridized carbons (Fsp3) is 0.538. The Balaban J connectivity index is 3.75. The minimum atomic E-state index is -0.462. The number of carbonyl (C=O) groups excluding carboxylic acids is 1. The van der Waals surface area contributed by atoms with Crippen LogP contribution in [0.5, 0.6) is 0 Å². The van der Waals surface area contributed by atoms with E-state index in [1.54, 1.807) is 6.07 Å². The zero-order valence-electron chi connectivity index (χ0n) is 10.2. The molecular weight excluding hydrogens is 202 g/mol. The van der Waals surface area contributed by atoms with Crippen LogP contribution >= 0.6 is 0 Å². The Labute approximate surface area is 97.4 Å². The number of nitrogens with zero attached hydrogens (tertiary/aromatic N) is 1. The molecule has 0 saturated carbocycles. The van der Waals surface area contributed by atoms with Crippen molar-refractivity contribution >= 4 is 5.97 Å². The Morgan fingerprint density at radius 1 is 1.31 bits per heavy atom. The highest BCUT2D eigenvalue weighted by atomic mass is 16.5. The van der Waals surface area contributed by atoms with Crippen molar-refractivity contribution in [1.82, 2.24) is 0 Å². The quantitative estimate of drug-likeness (QED) is 0.511. The van der Waals surface area contributed by atoms with E-state index in [-0.39, 0.29) is 13.0 Å². The molecule has 3 nitrogen and oxygen atoms in total. The van der Waals surface area contributed by atoms with Crippen molar-refractivity contribution in [1.29, 1.82) is 5.26 Å². The van der Waals surface area contributed by atoms with Gasteiger partial charge in [-0.2, -0.15) is 5.26 Å². The third kappa shape index (κ3) is 9.01. The monoisotopic (exact) mass is 221 g/mol. The van der Waals surface area contributed by atoms with E-state index >= 15 is 0 Å². The SMILES string of the molecule is CC(C)=CCC/C(C)=C/COC(=O)CC#N. The van der Waals surface area contributed by atoms with Crippen molar-refractivity contribution in [2.75, 3.05) is 6.61 Å². The number of allylic oxidation sites excluding steroid dienone is 3. The minimum absolute atomic E-state index is 0.176. The van der Waals surface area contributed by atoms with E-state index in [4.69, 9.17) is 10.00 Å². The van der Waals surface area contributed by atoms with E-state index in [0.717, 1.165) is 12.8 Å². The van der Waals surface area contributed by atoms with Crippen molar-refractivity contribution in [3.8, 4) is 6.07 Å². The molecular formula is C13H19NO2. The van der Waals surface area contributed by atoms with Crippen molar-refractivity contribution in [2.45, 2.75) is 40.0 Å². The number of hydrogen-bond donors (Lipinski definition) is 0. The lowest BCUT2D eigenvalue weighted by Gasteiger charge is -2.00. The summed E-state index contributed by atoms with van der Waals surface area (Å²) in [5.41, 5.74) is 2.51. The zero-order chi connectivity index (χ0) is 12.4. The van der Waals surface area contributed by atoms with Gasteiger partial charge in [-0.25, -0.2) is 0 Å². The molecule has 0 aliphatic rings. The first-order valence-corrected chi connectivity index (χ1v) is 5.38. The highest BCUT2D eigenvalue weighted by Gasteiger charge is 1.98. The fourth-order valence-electron chi connectivity index (χ4n) is 1.08. The Morgan fingerprint density at radius 3 is 2.56 bits per heavy atom. The van der Waals surface area contributed by atoms with E-state index in [1.165, 1.54) is 11.1 Å². The second-order valence-electron chi connectivity index (χ2n) is 3.89. The number of rotatable bonds is 6. The van der Waals surface area contributed by atoms with Gasteiger partial charge in [0, 0.05) is 0 Å². The molecule has 0 bridgehead atoms. The summed E-state index contributed by atoms with van der Waals surface area (Å²) in [5, 5.41) is 8.24. The van der Waals surface area contributed by atoms with Crippen LogP contribution in [-0.4, -0.2) is 12.6 Å². The fourth-order valence-corrected chi connectivity index (χ4v) is 1.08. The van der Waals surface area contributed by atoms with Crippen molar-refractivity contribution in [3.63, 3.8) is 0 Å². The van der Waals surface area contributed by atoms with Crippen LogP contribution in [0.4, 0.5) is 0 Å². The maximum Gasteiger partial charge on any atom is 0.320 e. The van der Waals surface area contributed by atoms with Gasteiger partial charge in [-0.15, -0.1) is 0 Å². The molecule has 0 aromatic rings. The average Bonchev–Trinajstić information content (AvgIpc) is 2.17. The predicted molar refractivity (Wildman–Crippen MR) is 63.6 cm³/mol. The number of nitriles is 1. The second-order valence-corrected chi connectivity index (χ2v) is 3.89. The summed E-state index contributed by atoms with van der Waals surface area (Å²) >= 11 is 0. The van der Waals surface area contributed by atoms with Crippen LogP contribution in [0.15, 0.2) is 23.3 Å². The van der Waals surface area contributed by atoms with Crippen molar-refractivity contribution < 1.29 is 9.53 Å². The highest BCUT2D eigenvalue weighted by Crippen LogP contribution is 2.06. The third-order valence-electron chi connectivity index (χ3n) is 1.99. The first-order valence-electron chi connectivity index (χ1n) is 5.38. The predicted octanol–water partition coefficient (Wildman–Crippen LogP) is 3.14. The van der Waals surface area contributed by atoms with Gasteiger partial charge >= 0.3 is 5.97 Å². The van der Waals surface area contributed by atoms with Crippen LogP contribution < -0.4 is 0 Å². The van der Waals surface area contributed by atoms with Gasteiger partial charge in [0.05, 0.1) is 6.07 Å². The van der Waals surface area contributed by atoms with E-state index < -0.39 is 5.97 Å². The molecule has 0 heterocycles. The third-order valence-corrected chi connectivity index (χ3v) is 1.99. The molecule has 0 fully saturated rings. The molecule has 0 aromatic heterocycles. The summed E-state index contributed by atoms with van der Waals surface area (Å²) < 4.78 is 4.83. The maximum atomic E-state index is 10.8. The molecule has 0 amide bonds. The molecule has 0 unspecified atom stereocenters. The zero-order valence-corrected chi connectivity index (χ0v) is 10.2. The van der Waals surface area contributed by atoms with Gasteiger partial charge in [-0.1, -0.05) is 17.2 Å². The lowest BCUT2D eigenvalue weighted by molar-refractivity contribution is -0.141. The number of hydrogen-bond acceptors (Lipinski definition) is 3. The van der Waals surface area contributed by atoms with Gasteiger partial charge in [0.2, 0.25) is 0 Å². The molecule has 88 valence electrons. The van der Waals surface area contributed by atoms with Crippen LogP contribution in [0.2, 0.25) is 0 Å². The summed E-state index contributed by atoms with van der Waals surface area (Å²) in [5.74, 6) is -0.462. The number of carbonyl (C=O) groups is 1. The van der Waals surface area contributed by atoms with Crippen molar-refractivity contribution in [2.24, 2.45) is 0 Å². The maximum absolute atomic E-state index is 10.8. The van der Waals surface area contributed by atoms with E-state index in [9.17, 15) is 4.79 Å². The normalized spacial score (nSPS) is 10.5. The Bertz CT molecular complexity index is 317. The van der Waals surface area contributed by atoms with Crippen LogP contribution in [0.3, 0.4) is 0 Å². The summed E-state index contributed by atoms with van der Waals surface area (Å²) in [6, 6.07) is 1.75. The summed E-state index contributed by atoms with van der Waals surface area (Å²) in [7, 11) is 0. The lowest BCUT2D eigenvalue weighted by atomic mass is 10.1.